The Kier molecular flexibility index (Phi) is 8.09. The van der Waals surface area contributed by atoms with Gasteiger partial charge >= 0.3 is 0 Å². The van der Waals surface area contributed by atoms with Gasteiger partial charge in [0.1, 0.15) is 0 Å². The molecule has 6 nitrogen and oxygen atoms in total. The monoisotopic (exact) mass is 844 g/mol. The van der Waals surface area contributed by atoms with E-state index in [4.69, 9.17) is 18.9 Å². The Balaban J connectivity index is 1.33. The van der Waals surface area contributed by atoms with Crippen LogP contribution in [0.4, 0.5) is 34.1 Å². The van der Waals surface area contributed by atoms with Crippen molar-refractivity contribution in [2.75, 3.05) is 23.4 Å². The highest BCUT2D eigenvalue weighted by atomic mass is 32.1. The molecule has 4 aliphatic rings. The largest absolute Gasteiger partial charge is 0.454 e. The summed E-state index contributed by atoms with van der Waals surface area (Å²) in [6.45, 7) is 30.3. The molecule has 61 heavy (non-hydrogen) atoms. The maximum absolute atomic E-state index is 6.26. The van der Waals surface area contributed by atoms with Crippen LogP contribution in [0.25, 0.3) is 20.2 Å². The fourth-order valence-electron chi connectivity index (χ4n) is 10.2. The number of aryl methyl sites for hydroxylation is 2. The minimum Gasteiger partial charge on any atom is -0.454 e. The second-order valence-electron chi connectivity index (χ2n) is 20.6. The summed E-state index contributed by atoms with van der Waals surface area (Å²) in [4.78, 5) is 5.23. The van der Waals surface area contributed by atoms with Crippen molar-refractivity contribution >= 4 is 98.7 Å². The standard InChI is InChI=1S/C52H53BN2O4S2/c1-26-18-37-46(58-24-56-37)28(3)42(26)54-35-22-32(52(11,12)13)23-36-41(35)53(48-44(54)33-20-30(50(5,6)7)14-16-39(33)60-48)49-45(34-21-31(51(8,9)10)15-17-40(34)61-49)55(36)43-27(2)19-38-47(29(43)4)59-25-57-38/h14-23H,24-25H2,1-13H3. The van der Waals surface area contributed by atoms with Crippen LogP contribution in [-0.4, -0.2) is 20.3 Å². The molecule has 310 valence electrons. The van der Waals surface area contributed by atoms with Crippen LogP contribution in [0.5, 0.6) is 23.0 Å². The van der Waals surface area contributed by atoms with E-state index in [1.807, 2.05) is 22.7 Å². The zero-order valence-corrected chi connectivity index (χ0v) is 39.2. The van der Waals surface area contributed by atoms with Crippen molar-refractivity contribution < 1.29 is 18.9 Å². The fourth-order valence-corrected chi connectivity index (χ4v) is 12.9. The van der Waals surface area contributed by atoms with Crippen LogP contribution >= 0.6 is 22.7 Å². The summed E-state index contributed by atoms with van der Waals surface area (Å²) in [6, 6.07) is 23.7. The zero-order chi connectivity index (χ0) is 42.8. The van der Waals surface area contributed by atoms with E-state index in [0.29, 0.717) is 0 Å². The number of anilines is 6. The fraction of sp³-hybridized carbons (Fsp3) is 0.346. The van der Waals surface area contributed by atoms with Gasteiger partial charge in [-0.3, -0.25) is 0 Å². The molecule has 7 aromatic rings. The lowest BCUT2D eigenvalue weighted by molar-refractivity contribution is 0.173. The van der Waals surface area contributed by atoms with Crippen molar-refractivity contribution in [3.05, 3.63) is 99.6 Å². The van der Waals surface area contributed by atoms with Crippen molar-refractivity contribution in [2.45, 2.75) is 106 Å². The van der Waals surface area contributed by atoms with Crippen molar-refractivity contribution in [1.82, 2.24) is 0 Å². The van der Waals surface area contributed by atoms with Gasteiger partial charge in [-0.2, -0.15) is 0 Å². The highest BCUT2D eigenvalue weighted by Gasteiger charge is 2.49. The molecule has 0 saturated carbocycles. The Labute approximate surface area is 368 Å². The molecule has 0 radical (unpaired) electrons. The number of benzene rings is 5. The van der Waals surface area contributed by atoms with Crippen LogP contribution in [0.15, 0.2) is 60.7 Å². The first kappa shape index (κ1) is 38.8. The summed E-state index contributed by atoms with van der Waals surface area (Å²) in [5.74, 6) is 3.28. The van der Waals surface area contributed by atoms with E-state index in [1.54, 1.807) is 0 Å². The number of hydrogen-bond donors (Lipinski definition) is 0. The molecule has 0 saturated heterocycles. The van der Waals surface area contributed by atoms with Crippen LogP contribution in [0.1, 0.15) is 101 Å². The molecule has 0 amide bonds. The lowest BCUT2D eigenvalue weighted by Gasteiger charge is -2.44. The Hall–Kier alpha value is -5.12. The molecule has 0 fully saturated rings. The third kappa shape index (κ3) is 5.51. The van der Waals surface area contributed by atoms with Crippen LogP contribution in [0.3, 0.4) is 0 Å². The first-order valence-electron chi connectivity index (χ1n) is 21.5. The quantitative estimate of drug-likeness (QED) is 0.162. The summed E-state index contributed by atoms with van der Waals surface area (Å²) in [6.07, 6.45) is 0. The summed E-state index contributed by atoms with van der Waals surface area (Å²) in [5, 5.41) is 2.58. The topological polar surface area (TPSA) is 43.4 Å². The Morgan fingerprint density at radius 3 is 1.30 bits per heavy atom. The average molecular weight is 845 g/mol. The molecular weight excluding hydrogens is 792 g/mol. The van der Waals surface area contributed by atoms with Crippen LogP contribution in [0, 0.1) is 27.7 Å². The average Bonchev–Trinajstić information content (AvgIpc) is 3.99. The van der Waals surface area contributed by atoms with Crippen LogP contribution in [-0.2, 0) is 16.2 Å². The van der Waals surface area contributed by atoms with Crippen molar-refractivity contribution in [2.24, 2.45) is 0 Å². The zero-order valence-electron chi connectivity index (χ0n) is 37.6. The maximum Gasteiger partial charge on any atom is 0.277 e. The highest BCUT2D eigenvalue weighted by molar-refractivity contribution is 7.40. The molecule has 9 heteroatoms. The lowest BCUT2D eigenvalue weighted by Crippen LogP contribution is -2.59. The molecule has 2 aromatic heterocycles. The van der Waals surface area contributed by atoms with E-state index >= 15 is 0 Å². The molecule has 0 bridgehead atoms. The molecule has 0 N–H and O–H groups in total. The van der Waals surface area contributed by atoms with Gasteiger partial charge in [-0.05, 0) is 126 Å². The molecule has 11 rings (SSSR count). The van der Waals surface area contributed by atoms with Crippen LogP contribution < -0.4 is 43.8 Å². The van der Waals surface area contributed by atoms with Gasteiger partial charge < -0.3 is 28.7 Å². The number of hydrogen-bond acceptors (Lipinski definition) is 8. The van der Waals surface area contributed by atoms with Gasteiger partial charge in [0, 0.05) is 52.2 Å². The Morgan fingerprint density at radius 1 is 0.492 bits per heavy atom. The van der Waals surface area contributed by atoms with Gasteiger partial charge in [0.05, 0.1) is 22.7 Å². The van der Waals surface area contributed by atoms with Crippen molar-refractivity contribution in [3.8, 4) is 23.0 Å². The van der Waals surface area contributed by atoms with E-state index in [9.17, 15) is 0 Å². The van der Waals surface area contributed by atoms with Gasteiger partial charge in [-0.15, -0.1) is 22.7 Å². The van der Waals surface area contributed by atoms with Gasteiger partial charge in [-0.25, -0.2) is 0 Å². The van der Waals surface area contributed by atoms with Crippen molar-refractivity contribution in [3.63, 3.8) is 0 Å². The summed E-state index contributed by atoms with van der Waals surface area (Å²) in [7, 11) is 0. The van der Waals surface area contributed by atoms with Gasteiger partial charge in [0.15, 0.2) is 23.0 Å². The predicted octanol–water partition coefficient (Wildman–Crippen LogP) is 12.8. The molecule has 0 atom stereocenters. The second-order valence-corrected chi connectivity index (χ2v) is 22.8. The minimum absolute atomic E-state index is 0.00624. The predicted molar refractivity (Wildman–Crippen MR) is 259 cm³/mol. The van der Waals surface area contributed by atoms with Gasteiger partial charge in [0.25, 0.3) is 6.71 Å². The Morgan fingerprint density at radius 2 is 0.902 bits per heavy atom. The smallest absolute Gasteiger partial charge is 0.277 e. The lowest BCUT2D eigenvalue weighted by atomic mass is 9.39. The molecule has 0 spiro atoms. The molecule has 4 aliphatic heterocycles. The third-order valence-corrected chi connectivity index (χ3v) is 15.9. The van der Waals surface area contributed by atoms with Gasteiger partial charge in [-0.1, -0.05) is 74.4 Å². The van der Waals surface area contributed by atoms with E-state index < -0.39 is 0 Å². The summed E-state index contributed by atoms with van der Waals surface area (Å²) in [5.41, 5.74) is 16.8. The number of thiophene rings is 2. The van der Waals surface area contributed by atoms with E-state index in [-0.39, 0.29) is 36.5 Å². The van der Waals surface area contributed by atoms with E-state index in [1.165, 1.54) is 74.6 Å². The number of ether oxygens (including phenoxy) is 4. The number of nitrogens with zero attached hydrogens (tertiary/aromatic N) is 2. The highest BCUT2D eigenvalue weighted by Crippen LogP contribution is 2.56. The summed E-state index contributed by atoms with van der Waals surface area (Å²) >= 11 is 3.92. The number of fused-ring (bicyclic) bond motifs is 10. The molecular formula is C52H53BN2O4S2. The van der Waals surface area contributed by atoms with Crippen molar-refractivity contribution in [1.29, 1.82) is 0 Å². The summed E-state index contributed by atoms with van der Waals surface area (Å²) < 4.78 is 29.9. The van der Waals surface area contributed by atoms with Crippen LogP contribution in [0.2, 0.25) is 0 Å². The van der Waals surface area contributed by atoms with E-state index in [2.05, 4.69) is 160 Å². The molecule has 0 aliphatic carbocycles. The molecule has 0 unspecified atom stereocenters. The maximum atomic E-state index is 6.26. The third-order valence-electron chi connectivity index (χ3n) is 13.4. The minimum atomic E-state index is -0.164. The second kappa shape index (κ2) is 12.7. The van der Waals surface area contributed by atoms with Gasteiger partial charge in [0.2, 0.25) is 13.6 Å². The first-order valence-corrected chi connectivity index (χ1v) is 23.2. The molecule has 6 heterocycles. The first-order chi connectivity index (χ1) is 28.8. The normalized spacial score (nSPS) is 15.3. The Bertz CT molecular complexity index is 2870. The number of rotatable bonds is 2. The SMILES string of the molecule is Cc1cc2c(c(C)c1N1c3cc(C(C)(C)C)cc4c3B(c3sc5ccc(C(C)(C)C)cc5c31)c1sc3ccc(C(C)(C)C)cc3c1N4c1c(C)cc3c(c1C)OCO3)OCO2. The molecule has 5 aromatic carbocycles. The van der Waals surface area contributed by atoms with E-state index in [0.717, 1.165) is 56.6 Å².